The fourth-order valence-corrected chi connectivity index (χ4v) is 2.35. The topological polar surface area (TPSA) is 3.24 Å². The third kappa shape index (κ3) is 3.52. The first-order valence-corrected chi connectivity index (χ1v) is 7.11. The van der Waals surface area contributed by atoms with E-state index in [0.717, 1.165) is 24.2 Å². The molecule has 0 atom stereocenters. The predicted octanol–water partition coefficient (Wildman–Crippen LogP) is 5.55. The molecule has 1 aromatic carbocycles. The molecule has 0 spiro atoms. The molecule has 1 aliphatic carbocycles. The summed E-state index contributed by atoms with van der Waals surface area (Å²) < 4.78 is 0. The van der Waals surface area contributed by atoms with Gasteiger partial charge in [0.1, 0.15) is 0 Å². The monoisotopic (exact) mass is 283 g/mol. The highest BCUT2D eigenvalue weighted by molar-refractivity contribution is 6.25. The molecule has 0 unspecified atom stereocenters. The molecule has 0 amide bonds. The number of hydrogen-bond acceptors (Lipinski definition) is 1. The normalized spacial score (nSPS) is 15.2. The van der Waals surface area contributed by atoms with Crippen LogP contribution in [0.1, 0.15) is 12.8 Å². The van der Waals surface area contributed by atoms with E-state index in [0.29, 0.717) is 0 Å². The van der Waals surface area contributed by atoms with Gasteiger partial charge in [0.2, 0.25) is 0 Å². The molecular formula is C18H18ClN. The first kappa shape index (κ1) is 14.4. The summed E-state index contributed by atoms with van der Waals surface area (Å²) >= 11 is 5.79. The smallest absolute Gasteiger partial charge is 0.0466 e. The number of benzene rings is 1. The highest BCUT2D eigenvalue weighted by Gasteiger charge is 2.15. The Hall–Kier alpha value is -1.99. The van der Waals surface area contributed by atoms with Crippen molar-refractivity contribution in [2.24, 2.45) is 0 Å². The van der Waals surface area contributed by atoms with Crippen LogP contribution in [0.15, 0.2) is 90.3 Å². The molecule has 0 aliphatic heterocycles. The average Bonchev–Trinajstić information content (AvgIpc) is 2.50. The van der Waals surface area contributed by atoms with Gasteiger partial charge in [0.15, 0.2) is 0 Å². The van der Waals surface area contributed by atoms with Crippen molar-refractivity contribution in [1.29, 1.82) is 0 Å². The van der Waals surface area contributed by atoms with Crippen molar-refractivity contribution in [2.45, 2.75) is 12.8 Å². The Morgan fingerprint density at radius 3 is 2.65 bits per heavy atom. The Kier molecular flexibility index (Phi) is 5.45. The first-order valence-electron chi connectivity index (χ1n) is 6.67. The number of rotatable bonds is 5. The van der Waals surface area contributed by atoms with E-state index in [-0.39, 0.29) is 0 Å². The quantitative estimate of drug-likeness (QED) is 0.641. The summed E-state index contributed by atoms with van der Waals surface area (Å²) in [6.07, 6.45) is 14.1. The SMILES string of the molecule is C=C/C=C(\C=C/Cl)N(C1=CC=CCC1)c1ccccc1. The molecule has 0 aromatic heterocycles. The van der Waals surface area contributed by atoms with Gasteiger partial charge in [-0.2, -0.15) is 0 Å². The maximum absolute atomic E-state index is 5.79. The minimum absolute atomic E-state index is 1.00. The minimum atomic E-state index is 1.00. The average molecular weight is 284 g/mol. The number of hydrogen-bond donors (Lipinski definition) is 0. The zero-order chi connectivity index (χ0) is 14.2. The highest BCUT2D eigenvalue weighted by Crippen LogP contribution is 2.29. The Morgan fingerprint density at radius 1 is 1.25 bits per heavy atom. The number of allylic oxidation sites excluding steroid dienone is 7. The second-order valence-corrected chi connectivity index (χ2v) is 4.67. The fourth-order valence-electron chi connectivity index (χ4n) is 2.22. The molecule has 0 bridgehead atoms. The van der Waals surface area contributed by atoms with Gasteiger partial charge in [0, 0.05) is 22.6 Å². The second-order valence-electron chi connectivity index (χ2n) is 4.42. The second kappa shape index (κ2) is 7.56. The number of halogens is 1. The van der Waals surface area contributed by atoms with Crippen molar-refractivity contribution in [2.75, 3.05) is 4.90 Å². The first-order chi connectivity index (χ1) is 9.86. The molecule has 0 saturated heterocycles. The molecule has 2 heteroatoms. The van der Waals surface area contributed by atoms with Crippen molar-refractivity contribution in [3.05, 3.63) is 90.3 Å². The van der Waals surface area contributed by atoms with Crippen LogP contribution in [0.4, 0.5) is 5.69 Å². The zero-order valence-electron chi connectivity index (χ0n) is 11.4. The van der Waals surface area contributed by atoms with E-state index in [1.807, 2.05) is 30.4 Å². The van der Waals surface area contributed by atoms with Crippen molar-refractivity contribution >= 4 is 17.3 Å². The van der Waals surface area contributed by atoms with Crippen molar-refractivity contribution in [1.82, 2.24) is 0 Å². The maximum Gasteiger partial charge on any atom is 0.0466 e. The van der Waals surface area contributed by atoms with Crippen molar-refractivity contribution in [3.8, 4) is 0 Å². The number of nitrogens with zero attached hydrogens (tertiary/aromatic N) is 1. The van der Waals surface area contributed by atoms with Crippen LogP contribution in [-0.4, -0.2) is 0 Å². The molecule has 1 aliphatic rings. The van der Waals surface area contributed by atoms with Crippen LogP contribution in [0.25, 0.3) is 0 Å². The van der Waals surface area contributed by atoms with Crippen molar-refractivity contribution in [3.63, 3.8) is 0 Å². The Morgan fingerprint density at radius 2 is 2.05 bits per heavy atom. The van der Waals surface area contributed by atoms with Crippen LogP contribution in [-0.2, 0) is 0 Å². The van der Waals surface area contributed by atoms with E-state index in [1.54, 1.807) is 6.08 Å². The lowest BCUT2D eigenvalue weighted by Crippen LogP contribution is -2.21. The molecule has 1 aromatic rings. The fraction of sp³-hybridized carbons (Fsp3) is 0.111. The molecule has 0 saturated carbocycles. The summed E-state index contributed by atoms with van der Waals surface area (Å²) in [7, 11) is 0. The van der Waals surface area contributed by atoms with Crippen molar-refractivity contribution < 1.29 is 0 Å². The molecule has 0 fully saturated rings. The zero-order valence-corrected chi connectivity index (χ0v) is 12.1. The summed E-state index contributed by atoms with van der Waals surface area (Å²) in [6, 6.07) is 10.3. The summed E-state index contributed by atoms with van der Waals surface area (Å²) in [5.74, 6) is 0. The van der Waals surface area contributed by atoms with Gasteiger partial charge < -0.3 is 4.90 Å². The van der Waals surface area contributed by atoms with Gasteiger partial charge in [-0.15, -0.1) is 0 Å². The summed E-state index contributed by atoms with van der Waals surface area (Å²) in [4.78, 5) is 2.21. The molecule has 20 heavy (non-hydrogen) atoms. The Labute approximate surface area is 125 Å². The molecular weight excluding hydrogens is 266 g/mol. The van der Waals surface area contributed by atoms with Gasteiger partial charge in [0.05, 0.1) is 0 Å². The van der Waals surface area contributed by atoms with E-state index < -0.39 is 0 Å². The van der Waals surface area contributed by atoms with E-state index in [9.17, 15) is 0 Å². The van der Waals surface area contributed by atoms with E-state index in [1.165, 1.54) is 11.2 Å². The largest absolute Gasteiger partial charge is 0.314 e. The van der Waals surface area contributed by atoms with E-state index in [4.69, 9.17) is 11.6 Å². The number of para-hydroxylation sites is 1. The minimum Gasteiger partial charge on any atom is -0.314 e. The lowest BCUT2D eigenvalue weighted by Gasteiger charge is -2.29. The van der Waals surface area contributed by atoms with E-state index in [2.05, 4.69) is 41.8 Å². The molecule has 0 radical (unpaired) electrons. The lowest BCUT2D eigenvalue weighted by atomic mass is 10.1. The predicted molar refractivity (Wildman–Crippen MR) is 88.7 cm³/mol. The van der Waals surface area contributed by atoms with Crippen LogP contribution in [0.3, 0.4) is 0 Å². The van der Waals surface area contributed by atoms with Gasteiger partial charge in [0.25, 0.3) is 0 Å². The van der Waals surface area contributed by atoms with Gasteiger partial charge in [-0.05, 0) is 43.2 Å². The molecule has 0 heterocycles. The Balaban J connectivity index is 2.48. The van der Waals surface area contributed by atoms with Crippen LogP contribution in [0.2, 0.25) is 0 Å². The van der Waals surface area contributed by atoms with Gasteiger partial charge in [-0.3, -0.25) is 0 Å². The summed E-state index contributed by atoms with van der Waals surface area (Å²) in [5, 5.41) is 0. The van der Waals surface area contributed by atoms with E-state index >= 15 is 0 Å². The van der Waals surface area contributed by atoms with Gasteiger partial charge in [-0.1, -0.05) is 54.6 Å². The summed E-state index contributed by atoms with van der Waals surface area (Å²) in [6.45, 7) is 3.79. The number of anilines is 1. The van der Waals surface area contributed by atoms with Crippen LogP contribution in [0, 0.1) is 0 Å². The molecule has 0 N–H and O–H groups in total. The molecule has 102 valence electrons. The summed E-state index contributed by atoms with van der Waals surface area (Å²) in [5.41, 5.74) is 4.91. The highest BCUT2D eigenvalue weighted by atomic mass is 35.5. The lowest BCUT2D eigenvalue weighted by molar-refractivity contribution is 0.901. The third-order valence-electron chi connectivity index (χ3n) is 3.07. The van der Waals surface area contributed by atoms with Crippen LogP contribution in [0.5, 0.6) is 0 Å². The van der Waals surface area contributed by atoms with Crippen LogP contribution < -0.4 is 4.90 Å². The molecule has 1 nitrogen and oxygen atoms in total. The Bertz CT molecular complexity index is 564. The van der Waals surface area contributed by atoms with Crippen LogP contribution >= 0.6 is 11.6 Å². The standard InChI is InChI=1S/C18H18ClN/c1-2-9-16(14-15-19)20(17-10-5-3-6-11-17)18-12-7-4-8-13-18/h2-7,9-12,14-15H,1,8,13H2/b15-14-,16-9+. The molecule has 2 rings (SSSR count). The van der Waals surface area contributed by atoms with Gasteiger partial charge in [-0.25, -0.2) is 0 Å². The third-order valence-corrected chi connectivity index (χ3v) is 3.20. The van der Waals surface area contributed by atoms with Gasteiger partial charge >= 0.3 is 0 Å². The maximum atomic E-state index is 5.79.